The summed E-state index contributed by atoms with van der Waals surface area (Å²) in [5.41, 5.74) is 5.96. The Bertz CT molecular complexity index is 684. The van der Waals surface area contributed by atoms with Crippen molar-refractivity contribution in [3.63, 3.8) is 0 Å². The molecule has 2 aromatic carbocycles. The summed E-state index contributed by atoms with van der Waals surface area (Å²) in [6.07, 6.45) is 0. The lowest BCUT2D eigenvalue weighted by atomic mass is 10.2. The van der Waals surface area contributed by atoms with E-state index in [9.17, 15) is 9.18 Å². The molecule has 0 bridgehead atoms. The van der Waals surface area contributed by atoms with Crippen LogP contribution in [0.2, 0.25) is 10.0 Å². The van der Waals surface area contributed by atoms with Crippen LogP contribution in [0.4, 0.5) is 10.1 Å². The first-order valence-corrected chi connectivity index (χ1v) is 6.47. The minimum absolute atomic E-state index is 0.00944. The summed E-state index contributed by atoms with van der Waals surface area (Å²) in [4.78, 5) is 11.4. The average molecular weight is 330 g/mol. The number of esters is 1. The summed E-state index contributed by atoms with van der Waals surface area (Å²) in [5.74, 6) is -1.16. The molecule has 7 heteroatoms. The van der Waals surface area contributed by atoms with E-state index < -0.39 is 11.8 Å². The normalized spacial score (nSPS) is 10.3. The molecule has 0 atom stereocenters. The van der Waals surface area contributed by atoms with Crippen molar-refractivity contribution in [3.8, 4) is 11.5 Å². The van der Waals surface area contributed by atoms with Gasteiger partial charge in [0.1, 0.15) is 11.6 Å². The Balaban J connectivity index is 2.40. The highest BCUT2D eigenvalue weighted by Crippen LogP contribution is 2.38. The van der Waals surface area contributed by atoms with E-state index in [1.54, 1.807) is 0 Å². The van der Waals surface area contributed by atoms with Crippen LogP contribution in [0.1, 0.15) is 10.4 Å². The molecule has 110 valence electrons. The van der Waals surface area contributed by atoms with Crippen LogP contribution in [0.25, 0.3) is 0 Å². The van der Waals surface area contributed by atoms with E-state index in [0.29, 0.717) is 5.69 Å². The van der Waals surface area contributed by atoms with Crippen molar-refractivity contribution < 1.29 is 18.7 Å². The predicted molar refractivity (Wildman–Crippen MR) is 78.7 cm³/mol. The molecule has 0 aromatic heterocycles. The number of methoxy groups -OCH3 is 1. The topological polar surface area (TPSA) is 61.5 Å². The number of ether oxygens (including phenoxy) is 2. The molecule has 2 rings (SSSR count). The lowest BCUT2D eigenvalue weighted by molar-refractivity contribution is 0.0600. The number of hydrogen-bond donors (Lipinski definition) is 1. The number of rotatable bonds is 3. The molecule has 2 aromatic rings. The number of nitrogen functional groups attached to an aromatic ring is 1. The van der Waals surface area contributed by atoms with Gasteiger partial charge >= 0.3 is 5.97 Å². The molecule has 4 nitrogen and oxygen atoms in total. The highest BCUT2D eigenvalue weighted by atomic mass is 35.5. The van der Waals surface area contributed by atoms with Crippen molar-refractivity contribution in [2.75, 3.05) is 12.8 Å². The Kier molecular flexibility index (Phi) is 4.55. The fraction of sp³-hybridized carbons (Fsp3) is 0.0714. The van der Waals surface area contributed by atoms with Crippen molar-refractivity contribution >= 4 is 34.9 Å². The predicted octanol–water partition coefficient (Wildman–Crippen LogP) is 4.29. The van der Waals surface area contributed by atoms with Crippen LogP contribution >= 0.6 is 23.2 Å². The van der Waals surface area contributed by atoms with Gasteiger partial charge in [0, 0.05) is 11.8 Å². The number of benzene rings is 2. The summed E-state index contributed by atoms with van der Waals surface area (Å²) in [7, 11) is 1.20. The van der Waals surface area contributed by atoms with Crippen LogP contribution in [-0.2, 0) is 4.74 Å². The maximum Gasteiger partial charge on any atom is 0.338 e. The quantitative estimate of drug-likeness (QED) is 0.673. The molecule has 0 aliphatic rings. The summed E-state index contributed by atoms with van der Waals surface area (Å²) in [5, 5.41) is 0.341. The number of anilines is 1. The first kappa shape index (κ1) is 15.4. The molecule has 2 N–H and O–H groups in total. The lowest BCUT2D eigenvalue weighted by Gasteiger charge is -2.11. The molecular weight excluding hydrogens is 320 g/mol. The summed E-state index contributed by atoms with van der Waals surface area (Å²) < 4.78 is 23.5. The van der Waals surface area contributed by atoms with Crippen molar-refractivity contribution in [1.29, 1.82) is 0 Å². The molecule has 0 spiro atoms. The third-order valence-electron chi connectivity index (χ3n) is 2.53. The fourth-order valence-electron chi connectivity index (χ4n) is 1.65. The Hall–Kier alpha value is -1.98. The highest BCUT2D eigenvalue weighted by Gasteiger charge is 2.14. The van der Waals surface area contributed by atoms with E-state index in [1.165, 1.54) is 25.3 Å². The molecule has 0 fully saturated rings. The zero-order valence-electron chi connectivity index (χ0n) is 10.8. The maximum atomic E-state index is 13.5. The lowest BCUT2D eigenvalue weighted by Crippen LogP contribution is -2.02. The van der Waals surface area contributed by atoms with Crippen LogP contribution in [0.3, 0.4) is 0 Å². The van der Waals surface area contributed by atoms with E-state index in [4.69, 9.17) is 33.7 Å². The summed E-state index contributed by atoms with van der Waals surface area (Å²) in [6.45, 7) is 0. The second-order valence-corrected chi connectivity index (χ2v) is 4.90. The van der Waals surface area contributed by atoms with Gasteiger partial charge in [-0.3, -0.25) is 0 Å². The van der Waals surface area contributed by atoms with E-state index in [2.05, 4.69) is 4.74 Å². The minimum atomic E-state index is -0.686. The van der Waals surface area contributed by atoms with Gasteiger partial charge < -0.3 is 15.2 Å². The fourth-order valence-corrected chi connectivity index (χ4v) is 2.23. The van der Waals surface area contributed by atoms with Crippen molar-refractivity contribution in [3.05, 3.63) is 51.8 Å². The zero-order chi connectivity index (χ0) is 15.6. The van der Waals surface area contributed by atoms with Gasteiger partial charge in [0.25, 0.3) is 0 Å². The molecule has 0 amide bonds. The second kappa shape index (κ2) is 6.20. The van der Waals surface area contributed by atoms with Crippen LogP contribution in [0.15, 0.2) is 30.3 Å². The van der Waals surface area contributed by atoms with E-state index in [-0.39, 0.29) is 27.1 Å². The summed E-state index contributed by atoms with van der Waals surface area (Å²) >= 11 is 12.0. The third-order valence-corrected chi connectivity index (χ3v) is 3.09. The molecule has 21 heavy (non-hydrogen) atoms. The first-order valence-electron chi connectivity index (χ1n) is 5.72. The molecule has 0 unspecified atom stereocenters. The molecule has 0 saturated heterocycles. The van der Waals surface area contributed by atoms with Crippen LogP contribution in [0.5, 0.6) is 11.5 Å². The number of carbonyl (C=O) groups excluding carboxylic acids is 1. The van der Waals surface area contributed by atoms with Gasteiger partial charge in [0.05, 0.1) is 22.7 Å². The number of carbonyl (C=O) groups is 1. The van der Waals surface area contributed by atoms with Gasteiger partial charge in [-0.25, -0.2) is 9.18 Å². The van der Waals surface area contributed by atoms with Crippen LogP contribution in [-0.4, -0.2) is 13.1 Å². The van der Waals surface area contributed by atoms with Crippen LogP contribution < -0.4 is 10.5 Å². The number of nitrogens with two attached hydrogens (primary N) is 1. The highest BCUT2D eigenvalue weighted by molar-refractivity contribution is 6.37. The standard InChI is InChI=1S/C14H10Cl2FNO3/c1-20-14(19)7-2-8(17)4-10(3-7)21-13-11(15)5-9(18)6-12(13)16/h2-6H,18H2,1H3. The molecular formula is C14H10Cl2FNO3. The van der Waals surface area contributed by atoms with E-state index in [0.717, 1.165) is 12.1 Å². The third kappa shape index (κ3) is 3.56. The first-order chi connectivity index (χ1) is 9.90. The van der Waals surface area contributed by atoms with Crippen molar-refractivity contribution in [1.82, 2.24) is 0 Å². The monoisotopic (exact) mass is 329 g/mol. The van der Waals surface area contributed by atoms with Gasteiger partial charge in [0.2, 0.25) is 0 Å². The Morgan fingerprint density at radius 2 is 1.76 bits per heavy atom. The Morgan fingerprint density at radius 3 is 2.33 bits per heavy atom. The average Bonchev–Trinajstić information content (AvgIpc) is 2.41. The zero-order valence-corrected chi connectivity index (χ0v) is 12.3. The van der Waals surface area contributed by atoms with Crippen LogP contribution in [0, 0.1) is 5.82 Å². The number of halogens is 3. The molecule has 0 heterocycles. The maximum absolute atomic E-state index is 13.5. The second-order valence-electron chi connectivity index (χ2n) is 4.08. The van der Waals surface area contributed by atoms with Gasteiger partial charge in [-0.2, -0.15) is 0 Å². The SMILES string of the molecule is COC(=O)c1cc(F)cc(Oc2c(Cl)cc(N)cc2Cl)c1. The Morgan fingerprint density at radius 1 is 1.14 bits per heavy atom. The molecule has 0 radical (unpaired) electrons. The number of hydrogen-bond acceptors (Lipinski definition) is 4. The van der Waals surface area contributed by atoms with Crippen molar-refractivity contribution in [2.45, 2.75) is 0 Å². The largest absolute Gasteiger partial charge is 0.465 e. The molecule has 0 saturated carbocycles. The molecule has 0 aliphatic heterocycles. The minimum Gasteiger partial charge on any atom is -0.465 e. The summed E-state index contributed by atoms with van der Waals surface area (Å²) in [6, 6.07) is 6.34. The smallest absolute Gasteiger partial charge is 0.338 e. The van der Waals surface area contributed by atoms with Crippen molar-refractivity contribution in [2.24, 2.45) is 0 Å². The van der Waals surface area contributed by atoms with Gasteiger partial charge in [-0.1, -0.05) is 23.2 Å². The Labute approximate surface area is 130 Å². The van der Waals surface area contributed by atoms with E-state index >= 15 is 0 Å². The van der Waals surface area contributed by atoms with Gasteiger partial charge in [-0.05, 0) is 24.3 Å². The molecule has 0 aliphatic carbocycles. The van der Waals surface area contributed by atoms with Gasteiger partial charge in [-0.15, -0.1) is 0 Å². The van der Waals surface area contributed by atoms with Gasteiger partial charge in [0.15, 0.2) is 5.75 Å². The van der Waals surface area contributed by atoms with E-state index in [1.807, 2.05) is 0 Å².